The van der Waals surface area contributed by atoms with Gasteiger partial charge in [-0.1, -0.05) is 67.1 Å². The number of benzene rings is 1. The third-order valence-electron chi connectivity index (χ3n) is 4.95. The average Bonchev–Trinajstić information content (AvgIpc) is 2.84. The zero-order valence-electron chi connectivity index (χ0n) is 20.6. The molecule has 0 aliphatic heterocycles. The van der Waals surface area contributed by atoms with Crippen molar-refractivity contribution in [2.45, 2.75) is 51.9 Å². The van der Waals surface area contributed by atoms with Gasteiger partial charge < -0.3 is 28.4 Å². The van der Waals surface area contributed by atoms with E-state index in [1.807, 2.05) is 0 Å². The van der Waals surface area contributed by atoms with Gasteiger partial charge in [-0.05, 0) is 30.5 Å². The van der Waals surface area contributed by atoms with Crippen LogP contribution in [0.3, 0.4) is 0 Å². The molecule has 0 spiro atoms. The normalized spacial score (nSPS) is 11.2. The Morgan fingerprint density at radius 3 is 1.52 bits per heavy atom. The fraction of sp³-hybridized carbons (Fsp3) is 0.769. The molecule has 0 aromatic heterocycles. The van der Waals surface area contributed by atoms with Crippen molar-refractivity contribution in [1.29, 1.82) is 0 Å². The highest BCUT2D eigenvalue weighted by Gasteiger charge is 1.98. The van der Waals surface area contributed by atoms with Crippen LogP contribution in [0.15, 0.2) is 24.3 Å². The van der Waals surface area contributed by atoms with Crippen molar-refractivity contribution >= 4 is 15.9 Å². The summed E-state index contributed by atoms with van der Waals surface area (Å²) in [6.07, 6.45) is 9.16. The van der Waals surface area contributed by atoms with Gasteiger partial charge in [0.1, 0.15) is 12.4 Å². The van der Waals surface area contributed by atoms with E-state index in [4.69, 9.17) is 28.4 Å². The molecule has 0 aliphatic carbocycles. The molecule has 0 bridgehead atoms. The molecule has 192 valence electrons. The Hall–Kier alpha value is -0.700. The molecule has 0 radical (unpaired) electrons. The first kappa shape index (κ1) is 30.3. The second kappa shape index (κ2) is 24.4. The monoisotopic (exact) mass is 532 g/mol. The zero-order chi connectivity index (χ0) is 23.7. The molecule has 0 saturated heterocycles. The minimum atomic E-state index is 0.543. The Morgan fingerprint density at radius 1 is 0.545 bits per heavy atom. The van der Waals surface area contributed by atoms with Crippen molar-refractivity contribution in [3.8, 4) is 5.75 Å². The number of ether oxygens (including phenoxy) is 6. The summed E-state index contributed by atoms with van der Waals surface area (Å²) in [5.41, 5.74) is 1.39. The van der Waals surface area contributed by atoms with E-state index >= 15 is 0 Å². The molecule has 1 aromatic rings. The number of rotatable bonds is 25. The van der Waals surface area contributed by atoms with Gasteiger partial charge in [-0.2, -0.15) is 0 Å². The summed E-state index contributed by atoms with van der Waals surface area (Å²) in [5, 5.41) is 0.850. The first-order chi connectivity index (χ1) is 16.4. The van der Waals surface area contributed by atoms with E-state index < -0.39 is 0 Å². The van der Waals surface area contributed by atoms with Gasteiger partial charge in [0.05, 0.1) is 66.1 Å². The second-order valence-corrected chi connectivity index (χ2v) is 8.55. The topological polar surface area (TPSA) is 55.4 Å². The number of alkyl halides is 1. The average molecular weight is 534 g/mol. The fourth-order valence-electron chi connectivity index (χ4n) is 3.12. The molecule has 0 aliphatic rings. The van der Waals surface area contributed by atoms with Crippen molar-refractivity contribution < 1.29 is 28.4 Å². The standard InChI is InChI=1S/C26H45BrO6/c1-2-3-4-5-6-7-8-25-9-11-26(12-10-25)33-24-23-32-22-21-31-20-19-30-18-17-29-16-15-28-14-13-27/h9-12H,2-8,13-24H2,1H3. The molecule has 6 nitrogen and oxygen atoms in total. The summed E-state index contributed by atoms with van der Waals surface area (Å²) in [7, 11) is 0. The summed E-state index contributed by atoms with van der Waals surface area (Å²) in [5.74, 6) is 0.897. The van der Waals surface area contributed by atoms with E-state index in [-0.39, 0.29) is 0 Å². The summed E-state index contributed by atoms with van der Waals surface area (Å²) < 4.78 is 32.9. The Morgan fingerprint density at radius 2 is 1.00 bits per heavy atom. The first-order valence-corrected chi connectivity index (χ1v) is 13.7. The summed E-state index contributed by atoms with van der Waals surface area (Å²) in [4.78, 5) is 0. The Balaban J connectivity index is 1.82. The molecule has 0 saturated carbocycles. The molecule has 0 amide bonds. The summed E-state index contributed by atoms with van der Waals surface area (Å²) in [6, 6.07) is 8.45. The van der Waals surface area contributed by atoms with Gasteiger partial charge in [-0.25, -0.2) is 0 Å². The lowest BCUT2D eigenvalue weighted by Crippen LogP contribution is -2.14. The second-order valence-electron chi connectivity index (χ2n) is 7.76. The van der Waals surface area contributed by atoms with Crippen LogP contribution in [-0.4, -0.2) is 78.0 Å². The van der Waals surface area contributed by atoms with Crippen molar-refractivity contribution in [2.75, 3.05) is 78.0 Å². The molecule has 7 heteroatoms. The smallest absolute Gasteiger partial charge is 0.119 e. The number of unbranched alkanes of at least 4 members (excludes halogenated alkanes) is 5. The van der Waals surface area contributed by atoms with E-state index in [1.54, 1.807) is 0 Å². The van der Waals surface area contributed by atoms with Crippen molar-refractivity contribution in [1.82, 2.24) is 0 Å². The maximum absolute atomic E-state index is 5.74. The third-order valence-corrected chi connectivity index (χ3v) is 5.27. The number of hydrogen-bond donors (Lipinski definition) is 0. The highest BCUT2D eigenvalue weighted by molar-refractivity contribution is 9.09. The van der Waals surface area contributed by atoms with Gasteiger partial charge >= 0.3 is 0 Å². The van der Waals surface area contributed by atoms with E-state index in [9.17, 15) is 0 Å². The number of hydrogen-bond acceptors (Lipinski definition) is 6. The maximum Gasteiger partial charge on any atom is 0.119 e. The van der Waals surface area contributed by atoms with Crippen LogP contribution in [0.25, 0.3) is 0 Å². The molecule has 0 heterocycles. The number of aryl methyl sites for hydroxylation is 1. The first-order valence-electron chi connectivity index (χ1n) is 12.5. The lowest BCUT2D eigenvalue weighted by molar-refractivity contribution is -0.0118. The van der Waals surface area contributed by atoms with Crippen molar-refractivity contribution in [2.24, 2.45) is 0 Å². The Labute approximate surface area is 209 Å². The molecular formula is C26H45BrO6. The van der Waals surface area contributed by atoms with Crippen LogP contribution in [-0.2, 0) is 30.1 Å². The van der Waals surface area contributed by atoms with Crippen LogP contribution >= 0.6 is 15.9 Å². The van der Waals surface area contributed by atoms with Crippen LogP contribution in [0.4, 0.5) is 0 Å². The highest BCUT2D eigenvalue weighted by Crippen LogP contribution is 2.15. The maximum atomic E-state index is 5.74. The molecule has 33 heavy (non-hydrogen) atoms. The molecular weight excluding hydrogens is 488 g/mol. The lowest BCUT2D eigenvalue weighted by Gasteiger charge is -2.09. The molecule has 1 rings (SSSR count). The largest absolute Gasteiger partial charge is 0.491 e. The van der Waals surface area contributed by atoms with Crippen molar-refractivity contribution in [3.63, 3.8) is 0 Å². The number of halogens is 1. The molecule has 0 N–H and O–H groups in total. The minimum absolute atomic E-state index is 0.543. The van der Waals surface area contributed by atoms with E-state index in [2.05, 4.69) is 47.1 Å². The van der Waals surface area contributed by atoms with Crippen LogP contribution in [0.1, 0.15) is 51.0 Å². The fourth-order valence-corrected chi connectivity index (χ4v) is 3.35. The van der Waals surface area contributed by atoms with Gasteiger partial charge in [0.2, 0.25) is 0 Å². The predicted molar refractivity (Wildman–Crippen MR) is 137 cm³/mol. The Bertz CT molecular complexity index is 514. The summed E-state index contributed by atoms with van der Waals surface area (Å²) >= 11 is 3.31. The quantitative estimate of drug-likeness (QED) is 0.123. The van der Waals surface area contributed by atoms with Crippen LogP contribution in [0.5, 0.6) is 5.75 Å². The van der Waals surface area contributed by atoms with Gasteiger partial charge in [0.15, 0.2) is 0 Å². The van der Waals surface area contributed by atoms with Crippen LogP contribution in [0, 0.1) is 0 Å². The van der Waals surface area contributed by atoms with E-state index in [0.29, 0.717) is 72.7 Å². The summed E-state index contributed by atoms with van der Waals surface area (Å²) in [6.45, 7) is 8.63. The SMILES string of the molecule is CCCCCCCCc1ccc(OCCOCCOCCOCCOCCOCCBr)cc1. The van der Waals surface area contributed by atoms with Crippen LogP contribution in [0.2, 0.25) is 0 Å². The van der Waals surface area contributed by atoms with Crippen molar-refractivity contribution in [3.05, 3.63) is 29.8 Å². The molecule has 0 unspecified atom stereocenters. The van der Waals surface area contributed by atoms with Gasteiger partial charge in [-0.3, -0.25) is 0 Å². The predicted octanol–water partition coefficient (Wildman–Crippen LogP) is 5.45. The van der Waals surface area contributed by atoms with Crippen LogP contribution < -0.4 is 4.74 Å². The van der Waals surface area contributed by atoms with E-state index in [1.165, 1.54) is 44.1 Å². The minimum Gasteiger partial charge on any atom is -0.491 e. The highest BCUT2D eigenvalue weighted by atomic mass is 79.9. The molecule has 0 fully saturated rings. The van der Waals surface area contributed by atoms with Gasteiger partial charge in [0, 0.05) is 5.33 Å². The van der Waals surface area contributed by atoms with Gasteiger partial charge in [-0.15, -0.1) is 0 Å². The lowest BCUT2D eigenvalue weighted by atomic mass is 10.0. The molecule has 0 atom stereocenters. The van der Waals surface area contributed by atoms with E-state index in [0.717, 1.165) is 17.5 Å². The third kappa shape index (κ3) is 20.4. The Kier molecular flexibility index (Phi) is 22.4. The molecule has 1 aromatic carbocycles. The zero-order valence-corrected chi connectivity index (χ0v) is 22.2. The van der Waals surface area contributed by atoms with Gasteiger partial charge in [0.25, 0.3) is 0 Å².